The van der Waals surface area contributed by atoms with Crippen LogP contribution < -0.4 is 5.32 Å². The summed E-state index contributed by atoms with van der Waals surface area (Å²) in [5.74, 6) is 1.00. The molecule has 3 aliphatic rings. The normalized spacial score (nSPS) is 44.1. The molecule has 14 heavy (non-hydrogen) atoms. The van der Waals surface area contributed by atoms with Gasteiger partial charge in [-0.25, -0.2) is 0 Å². The highest BCUT2D eigenvalue weighted by molar-refractivity contribution is 4.97. The molecule has 3 rings (SSSR count). The van der Waals surface area contributed by atoms with E-state index in [0.717, 1.165) is 18.0 Å². The molecular formula is C12H22N2. The second kappa shape index (κ2) is 3.82. The second-order valence-corrected chi connectivity index (χ2v) is 5.27. The molecule has 0 spiro atoms. The molecule has 80 valence electrons. The quantitative estimate of drug-likeness (QED) is 0.630. The van der Waals surface area contributed by atoms with Crippen molar-refractivity contribution in [1.82, 2.24) is 10.2 Å². The molecule has 3 saturated heterocycles. The molecule has 0 saturated carbocycles. The number of hydrogen-bond acceptors (Lipinski definition) is 2. The van der Waals surface area contributed by atoms with Gasteiger partial charge in [-0.2, -0.15) is 0 Å². The molecule has 0 aromatic heterocycles. The Bertz CT molecular complexity index is 182. The van der Waals surface area contributed by atoms with Gasteiger partial charge >= 0.3 is 0 Å². The molecule has 0 aliphatic carbocycles. The molecule has 0 radical (unpaired) electrons. The molecule has 0 amide bonds. The molecule has 0 aromatic rings. The van der Waals surface area contributed by atoms with Crippen molar-refractivity contribution in [1.29, 1.82) is 0 Å². The topological polar surface area (TPSA) is 15.3 Å². The molecule has 3 unspecified atom stereocenters. The van der Waals surface area contributed by atoms with E-state index in [0.29, 0.717) is 0 Å². The highest BCUT2D eigenvalue weighted by atomic mass is 15.2. The highest BCUT2D eigenvalue weighted by Gasteiger charge is 2.39. The number of nitrogens with one attached hydrogen (secondary N) is 1. The first-order valence-corrected chi connectivity index (χ1v) is 6.42. The number of rotatable bonds is 0. The van der Waals surface area contributed by atoms with Gasteiger partial charge in [0.15, 0.2) is 0 Å². The van der Waals surface area contributed by atoms with Crippen LogP contribution in [0.5, 0.6) is 0 Å². The van der Waals surface area contributed by atoms with Gasteiger partial charge in [-0.05, 0) is 57.7 Å². The minimum absolute atomic E-state index is 0.845. The summed E-state index contributed by atoms with van der Waals surface area (Å²) < 4.78 is 0. The van der Waals surface area contributed by atoms with E-state index in [1.165, 1.54) is 58.2 Å². The van der Waals surface area contributed by atoms with Crippen LogP contribution in [0.15, 0.2) is 0 Å². The Morgan fingerprint density at radius 1 is 0.929 bits per heavy atom. The fourth-order valence-corrected chi connectivity index (χ4v) is 3.79. The van der Waals surface area contributed by atoms with E-state index in [1.807, 2.05) is 0 Å². The predicted molar refractivity (Wildman–Crippen MR) is 58.3 cm³/mol. The second-order valence-electron chi connectivity index (χ2n) is 5.27. The van der Waals surface area contributed by atoms with E-state index in [1.54, 1.807) is 0 Å². The van der Waals surface area contributed by atoms with Crippen LogP contribution in [0.25, 0.3) is 0 Å². The van der Waals surface area contributed by atoms with Gasteiger partial charge in [-0.3, -0.25) is 4.90 Å². The first-order valence-electron chi connectivity index (χ1n) is 6.42. The molecule has 2 heteroatoms. The summed E-state index contributed by atoms with van der Waals surface area (Å²) in [7, 11) is 0. The van der Waals surface area contributed by atoms with Crippen LogP contribution in [-0.2, 0) is 0 Å². The largest absolute Gasteiger partial charge is 0.312 e. The van der Waals surface area contributed by atoms with Crippen molar-refractivity contribution in [2.24, 2.45) is 5.92 Å². The first kappa shape index (κ1) is 9.17. The maximum Gasteiger partial charge on any atom is 0.0252 e. The average Bonchev–Trinajstić information content (AvgIpc) is 2.29. The summed E-state index contributed by atoms with van der Waals surface area (Å²) in [6.45, 7) is 4.02. The van der Waals surface area contributed by atoms with Gasteiger partial charge in [-0.15, -0.1) is 0 Å². The van der Waals surface area contributed by atoms with Crippen molar-refractivity contribution in [3.8, 4) is 0 Å². The van der Waals surface area contributed by atoms with Gasteiger partial charge in [0, 0.05) is 12.1 Å². The van der Waals surface area contributed by atoms with Crippen molar-refractivity contribution < 1.29 is 0 Å². The summed E-state index contributed by atoms with van der Waals surface area (Å²) in [6, 6.07) is 1.74. The molecule has 3 atom stereocenters. The lowest BCUT2D eigenvalue weighted by Gasteiger charge is -2.50. The smallest absolute Gasteiger partial charge is 0.0252 e. The average molecular weight is 194 g/mol. The Kier molecular flexibility index (Phi) is 2.50. The zero-order chi connectivity index (χ0) is 9.38. The minimum atomic E-state index is 0.845. The zero-order valence-corrected chi connectivity index (χ0v) is 9.04. The van der Waals surface area contributed by atoms with Gasteiger partial charge in [0.1, 0.15) is 0 Å². The van der Waals surface area contributed by atoms with Gasteiger partial charge in [0.05, 0.1) is 0 Å². The highest BCUT2D eigenvalue weighted by Crippen LogP contribution is 2.33. The maximum atomic E-state index is 3.78. The fraction of sp³-hybridized carbons (Fsp3) is 1.00. The van der Waals surface area contributed by atoms with Crippen LogP contribution in [0.3, 0.4) is 0 Å². The van der Waals surface area contributed by atoms with Crippen molar-refractivity contribution >= 4 is 0 Å². The van der Waals surface area contributed by atoms with E-state index in [2.05, 4.69) is 10.2 Å². The number of hydrogen-bond donors (Lipinski definition) is 1. The van der Waals surface area contributed by atoms with E-state index in [-0.39, 0.29) is 0 Å². The SMILES string of the molecule is C1CNC2C(C1)CCN1CCCCC21. The van der Waals surface area contributed by atoms with Gasteiger partial charge < -0.3 is 5.32 Å². The summed E-state index contributed by atoms with van der Waals surface area (Å²) in [4.78, 5) is 2.75. The van der Waals surface area contributed by atoms with Crippen LogP contribution in [0, 0.1) is 5.92 Å². The van der Waals surface area contributed by atoms with Crippen molar-refractivity contribution in [2.75, 3.05) is 19.6 Å². The Labute approximate surface area is 87.0 Å². The minimum Gasteiger partial charge on any atom is -0.312 e. The zero-order valence-electron chi connectivity index (χ0n) is 9.04. The number of nitrogens with zero attached hydrogens (tertiary/aromatic N) is 1. The molecule has 1 N–H and O–H groups in total. The van der Waals surface area contributed by atoms with E-state index in [4.69, 9.17) is 0 Å². The summed E-state index contributed by atoms with van der Waals surface area (Å²) in [5.41, 5.74) is 0. The molecule has 3 aliphatic heterocycles. The fourth-order valence-electron chi connectivity index (χ4n) is 3.79. The van der Waals surface area contributed by atoms with Crippen molar-refractivity contribution in [2.45, 2.75) is 50.6 Å². The Hall–Kier alpha value is -0.0800. The lowest BCUT2D eigenvalue weighted by Crippen LogP contribution is -2.61. The molecule has 3 fully saturated rings. The van der Waals surface area contributed by atoms with Crippen molar-refractivity contribution in [3.05, 3.63) is 0 Å². The first-order chi connectivity index (χ1) is 6.95. The van der Waals surface area contributed by atoms with Crippen LogP contribution >= 0.6 is 0 Å². The van der Waals surface area contributed by atoms with Gasteiger partial charge in [-0.1, -0.05) is 6.42 Å². The van der Waals surface area contributed by atoms with Crippen LogP contribution in [0.1, 0.15) is 38.5 Å². The molecule has 0 aromatic carbocycles. The van der Waals surface area contributed by atoms with Gasteiger partial charge in [0.2, 0.25) is 0 Å². The lowest BCUT2D eigenvalue weighted by atomic mass is 9.77. The molecule has 2 nitrogen and oxygen atoms in total. The predicted octanol–water partition coefficient (Wildman–Crippen LogP) is 1.61. The van der Waals surface area contributed by atoms with Crippen LogP contribution in [0.4, 0.5) is 0 Å². The molecule has 3 heterocycles. The third kappa shape index (κ3) is 1.49. The van der Waals surface area contributed by atoms with E-state index < -0.39 is 0 Å². The third-order valence-corrected chi connectivity index (χ3v) is 4.51. The maximum absolute atomic E-state index is 3.78. The number of fused-ring (bicyclic) bond motifs is 3. The number of piperidine rings is 3. The Balaban J connectivity index is 1.74. The summed E-state index contributed by atoms with van der Waals surface area (Å²) in [5, 5.41) is 3.78. The summed E-state index contributed by atoms with van der Waals surface area (Å²) in [6.07, 6.45) is 8.71. The standard InChI is InChI=1S/C12H22N2/c1-2-8-14-9-6-10-4-3-7-13-12(10)11(14)5-1/h10-13H,1-9H2. The Morgan fingerprint density at radius 3 is 2.93 bits per heavy atom. The van der Waals surface area contributed by atoms with E-state index >= 15 is 0 Å². The van der Waals surface area contributed by atoms with Crippen LogP contribution in [0.2, 0.25) is 0 Å². The lowest BCUT2D eigenvalue weighted by molar-refractivity contribution is 0.0296. The van der Waals surface area contributed by atoms with Gasteiger partial charge in [0.25, 0.3) is 0 Å². The monoisotopic (exact) mass is 194 g/mol. The third-order valence-electron chi connectivity index (χ3n) is 4.51. The van der Waals surface area contributed by atoms with E-state index in [9.17, 15) is 0 Å². The Morgan fingerprint density at radius 2 is 1.93 bits per heavy atom. The van der Waals surface area contributed by atoms with Crippen LogP contribution in [-0.4, -0.2) is 36.6 Å². The summed E-state index contributed by atoms with van der Waals surface area (Å²) >= 11 is 0. The molecular weight excluding hydrogens is 172 g/mol. The molecule has 0 bridgehead atoms. The van der Waals surface area contributed by atoms with Crippen molar-refractivity contribution in [3.63, 3.8) is 0 Å².